The van der Waals surface area contributed by atoms with E-state index in [9.17, 15) is 4.79 Å². The average molecular weight is 307 g/mol. The smallest absolute Gasteiger partial charge is 0.291 e. The molecule has 8 heteroatoms. The van der Waals surface area contributed by atoms with E-state index in [0.29, 0.717) is 18.2 Å². The zero-order chi connectivity index (χ0) is 15.9. The molecule has 0 aliphatic rings. The van der Waals surface area contributed by atoms with Gasteiger partial charge in [-0.1, -0.05) is 30.3 Å². The Hall–Kier alpha value is -3.42. The molecule has 2 amide bonds. The third kappa shape index (κ3) is 3.82. The van der Waals surface area contributed by atoms with Crippen molar-refractivity contribution in [2.45, 2.75) is 6.54 Å². The van der Waals surface area contributed by atoms with Gasteiger partial charge in [0.2, 0.25) is 0 Å². The van der Waals surface area contributed by atoms with Crippen LogP contribution < -0.4 is 10.2 Å². The molecule has 0 bridgehead atoms. The second-order valence-corrected chi connectivity index (χ2v) is 4.56. The van der Waals surface area contributed by atoms with Crippen LogP contribution in [0.1, 0.15) is 5.56 Å². The van der Waals surface area contributed by atoms with Gasteiger partial charge in [0.1, 0.15) is 6.33 Å². The predicted octanol–water partition coefficient (Wildman–Crippen LogP) is 1.90. The number of nitrogens with zero attached hydrogens (tertiary/aromatic N) is 6. The first kappa shape index (κ1) is 14.5. The maximum absolute atomic E-state index is 12.6. The molecule has 114 valence electrons. The van der Waals surface area contributed by atoms with Crippen LogP contribution in [0, 0.1) is 0 Å². The van der Waals surface area contributed by atoms with Crippen LogP contribution in [0.4, 0.5) is 16.4 Å². The lowest BCUT2D eigenvalue weighted by atomic mass is 10.2. The maximum Gasteiger partial charge on any atom is 0.329 e. The van der Waals surface area contributed by atoms with E-state index < -0.39 is 6.03 Å². The summed E-state index contributed by atoms with van der Waals surface area (Å²) in [5.74, 6) is 0.699. The Morgan fingerprint density at radius 1 is 1.09 bits per heavy atom. The van der Waals surface area contributed by atoms with Crippen molar-refractivity contribution in [1.82, 2.24) is 25.1 Å². The molecule has 0 radical (unpaired) electrons. The second kappa shape index (κ2) is 7.03. The number of aromatic nitrogens is 5. The molecule has 3 rings (SSSR count). The van der Waals surface area contributed by atoms with Crippen molar-refractivity contribution < 1.29 is 4.79 Å². The van der Waals surface area contributed by atoms with E-state index in [1.165, 1.54) is 36.0 Å². The van der Waals surface area contributed by atoms with E-state index in [4.69, 9.17) is 0 Å². The first-order chi connectivity index (χ1) is 11.3. The minimum Gasteiger partial charge on any atom is -0.291 e. The first-order valence-electron chi connectivity index (χ1n) is 6.84. The van der Waals surface area contributed by atoms with E-state index in [-0.39, 0.29) is 0 Å². The molecule has 0 saturated heterocycles. The Morgan fingerprint density at radius 3 is 2.65 bits per heavy atom. The molecule has 0 fully saturated rings. The molecule has 0 aliphatic heterocycles. The fraction of sp³-hybridized carbons (Fsp3) is 0.0667. The Labute approximate surface area is 132 Å². The third-order valence-electron chi connectivity index (χ3n) is 2.97. The van der Waals surface area contributed by atoms with Gasteiger partial charge in [0.15, 0.2) is 11.6 Å². The highest BCUT2D eigenvalue weighted by Crippen LogP contribution is 2.14. The van der Waals surface area contributed by atoms with Crippen molar-refractivity contribution in [3.05, 3.63) is 67.0 Å². The second-order valence-electron chi connectivity index (χ2n) is 4.56. The number of benzene rings is 1. The summed E-state index contributed by atoms with van der Waals surface area (Å²) in [7, 11) is 0. The van der Waals surface area contributed by atoms with Gasteiger partial charge in [-0.15, -0.1) is 10.2 Å². The predicted molar refractivity (Wildman–Crippen MR) is 83.5 cm³/mol. The average Bonchev–Trinajstić information content (AvgIpc) is 2.62. The summed E-state index contributed by atoms with van der Waals surface area (Å²) in [5.41, 5.74) is 0.951. The topological polar surface area (TPSA) is 96.8 Å². The molecule has 0 saturated carbocycles. The number of anilines is 2. The van der Waals surface area contributed by atoms with E-state index in [0.717, 1.165) is 5.56 Å². The Balaban J connectivity index is 1.84. The summed E-state index contributed by atoms with van der Waals surface area (Å²) in [6, 6.07) is 9.18. The number of urea groups is 1. The first-order valence-corrected chi connectivity index (χ1v) is 6.84. The number of hydrogen-bond donors (Lipinski definition) is 1. The van der Waals surface area contributed by atoms with Crippen molar-refractivity contribution in [2.75, 3.05) is 10.2 Å². The zero-order valence-corrected chi connectivity index (χ0v) is 12.1. The van der Waals surface area contributed by atoms with Gasteiger partial charge in [0.05, 0.1) is 18.9 Å². The third-order valence-corrected chi connectivity index (χ3v) is 2.97. The quantitative estimate of drug-likeness (QED) is 0.790. The van der Waals surface area contributed by atoms with Gasteiger partial charge < -0.3 is 0 Å². The molecule has 0 atom stereocenters. The summed E-state index contributed by atoms with van der Waals surface area (Å²) < 4.78 is 0. The van der Waals surface area contributed by atoms with Crippen molar-refractivity contribution in [1.29, 1.82) is 0 Å². The summed E-state index contributed by atoms with van der Waals surface area (Å²) in [4.78, 5) is 25.9. The van der Waals surface area contributed by atoms with Crippen molar-refractivity contribution >= 4 is 17.7 Å². The molecule has 2 aromatic heterocycles. The SMILES string of the molecule is O=C(Nc1cnccn1)N(Cc1ccccc1)c1cncnn1. The molecule has 3 aromatic rings. The maximum atomic E-state index is 12.6. The Morgan fingerprint density at radius 2 is 1.96 bits per heavy atom. The van der Waals surface area contributed by atoms with Crippen LogP contribution >= 0.6 is 0 Å². The highest BCUT2D eigenvalue weighted by atomic mass is 16.2. The monoisotopic (exact) mass is 307 g/mol. The highest BCUT2D eigenvalue weighted by molar-refractivity contribution is 6.00. The molecular formula is C15H13N7O. The van der Waals surface area contributed by atoms with Crippen LogP contribution in [-0.2, 0) is 6.54 Å². The fourth-order valence-corrected chi connectivity index (χ4v) is 1.93. The van der Waals surface area contributed by atoms with Crippen LogP contribution in [0.15, 0.2) is 61.4 Å². The Kier molecular flexibility index (Phi) is 4.44. The number of amides is 2. The van der Waals surface area contributed by atoms with E-state index >= 15 is 0 Å². The van der Waals surface area contributed by atoms with Crippen LogP contribution in [0.3, 0.4) is 0 Å². The van der Waals surface area contributed by atoms with Gasteiger partial charge in [-0.25, -0.2) is 14.8 Å². The lowest BCUT2D eigenvalue weighted by molar-refractivity contribution is 0.256. The summed E-state index contributed by atoms with van der Waals surface area (Å²) >= 11 is 0. The number of nitrogens with one attached hydrogen (secondary N) is 1. The zero-order valence-electron chi connectivity index (χ0n) is 12.1. The molecule has 1 N–H and O–H groups in total. The lowest BCUT2D eigenvalue weighted by Crippen LogP contribution is -2.35. The standard InChI is InChI=1S/C15H13N7O/c23-15(20-13-8-16-6-7-18-13)22(14-9-17-11-19-21-14)10-12-4-2-1-3-5-12/h1-9,11H,10H2,(H,18,20,23). The minimum absolute atomic E-state index is 0.327. The van der Waals surface area contributed by atoms with Gasteiger partial charge in [-0.3, -0.25) is 15.2 Å². The molecule has 0 spiro atoms. The van der Waals surface area contributed by atoms with Crippen molar-refractivity contribution in [2.24, 2.45) is 0 Å². The fourth-order valence-electron chi connectivity index (χ4n) is 1.93. The Bertz CT molecular complexity index is 753. The van der Waals surface area contributed by atoms with Gasteiger partial charge >= 0.3 is 6.03 Å². The van der Waals surface area contributed by atoms with Gasteiger partial charge in [-0.05, 0) is 5.56 Å². The van der Waals surface area contributed by atoms with Crippen LogP contribution in [0.5, 0.6) is 0 Å². The number of carbonyl (C=O) groups excluding carboxylic acids is 1. The molecule has 0 aliphatic carbocycles. The van der Waals surface area contributed by atoms with E-state index in [1.54, 1.807) is 0 Å². The number of carbonyl (C=O) groups is 1. The number of hydrogen-bond acceptors (Lipinski definition) is 6. The molecule has 8 nitrogen and oxygen atoms in total. The van der Waals surface area contributed by atoms with Gasteiger partial charge in [0.25, 0.3) is 0 Å². The van der Waals surface area contributed by atoms with Gasteiger partial charge in [0, 0.05) is 12.4 Å². The number of rotatable bonds is 4. The minimum atomic E-state index is -0.392. The molecular weight excluding hydrogens is 294 g/mol. The molecule has 0 unspecified atom stereocenters. The molecule has 2 heterocycles. The molecule has 1 aromatic carbocycles. The highest BCUT2D eigenvalue weighted by Gasteiger charge is 2.18. The van der Waals surface area contributed by atoms with Gasteiger partial charge in [-0.2, -0.15) is 0 Å². The van der Waals surface area contributed by atoms with Crippen molar-refractivity contribution in [3.63, 3.8) is 0 Å². The largest absolute Gasteiger partial charge is 0.329 e. The normalized spacial score (nSPS) is 10.1. The van der Waals surface area contributed by atoms with Crippen LogP contribution in [0.2, 0.25) is 0 Å². The summed E-state index contributed by atoms with van der Waals surface area (Å²) in [6.45, 7) is 0.327. The van der Waals surface area contributed by atoms with Crippen LogP contribution in [-0.4, -0.2) is 31.2 Å². The van der Waals surface area contributed by atoms with Crippen LogP contribution in [0.25, 0.3) is 0 Å². The summed E-state index contributed by atoms with van der Waals surface area (Å²) in [6.07, 6.45) is 7.29. The van der Waals surface area contributed by atoms with Crippen molar-refractivity contribution in [3.8, 4) is 0 Å². The molecule has 23 heavy (non-hydrogen) atoms. The van der Waals surface area contributed by atoms with E-state index in [1.807, 2.05) is 30.3 Å². The lowest BCUT2D eigenvalue weighted by Gasteiger charge is -2.21. The summed E-state index contributed by atoms with van der Waals surface area (Å²) in [5, 5.41) is 10.4. The van der Waals surface area contributed by atoms with E-state index in [2.05, 4.69) is 30.5 Å².